The second kappa shape index (κ2) is 13.3. The zero-order chi connectivity index (χ0) is 28.7. The van der Waals surface area contributed by atoms with Gasteiger partial charge in [0.15, 0.2) is 0 Å². The predicted octanol–water partition coefficient (Wildman–Crippen LogP) is 5.32. The molecule has 39 heavy (non-hydrogen) atoms. The van der Waals surface area contributed by atoms with Gasteiger partial charge < -0.3 is 20.4 Å². The Hall–Kier alpha value is -3.11. The molecule has 3 aromatic rings. The molecule has 0 radical (unpaired) electrons. The summed E-state index contributed by atoms with van der Waals surface area (Å²) in [6.45, 7) is 9.76. The van der Waals surface area contributed by atoms with Crippen molar-refractivity contribution in [1.29, 1.82) is 0 Å². The first-order valence-electron chi connectivity index (χ1n) is 13.3. The molecule has 0 saturated carbocycles. The standard InChI is InChI=1S/C29H39BF3N5O/c1-29(2,3)27(38(26(39)17-34)14-13-22(16-31)36-30(4)5)28-35-25(23-15-21(32)11-12-24(23)33)19-37(28)18-20-9-7-6-8-10-20/h6-12,15,19,22,27,36H,13-14,16-18,34H2,1-5H3/t22-,27-/m0/s1. The van der Waals surface area contributed by atoms with Crippen LogP contribution in [-0.4, -0.2) is 53.0 Å². The Morgan fingerprint density at radius 1 is 1.15 bits per heavy atom. The Morgan fingerprint density at radius 3 is 2.44 bits per heavy atom. The smallest absolute Gasteiger partial charge is 0.236 e. The van der Waals surface area contributed by atoms with E-state index in [2.05, 4.69) is 5.23 Å². The molecular weight excluding hydrogens is 502 g/mol. The number of nitrogens with two attached hydrogens (primary N) is 1. The van der Waals surface area contributed by atoms with Crippen molar-refractivity contribution in [3.05, 3.63) is 77.8 Å². The van der Waals surface area contributed by atoms with Gasteiger partial charge in [0.25, 0.3) is 0 Å². The monoisotopic (exact) mass is 541 g/mol. The number of hydrogen-bond donors (Lipinski definition) is 2. The number of hydrogen-bond acceptors (Lipinski definition) is 4. The summed E-state index contributed by atoms with van der Waals surface area (Å²) in [5.74, 6) is -0.960. The number of aromatic nitrogens is 2. The molecule has 0 bridgehead atoms. The summed E-state index contributed by atoms with van der Waals surface area (Å²) < 4.78 is 44.6. The van der Waals surface area contributed by atoms with Crippen molar-refractivity contribution in [3.63, 3.8) is 0 Å². The maximum absolute atomic E-state index is 14.8. The largest absolute Gasteiger partial charge is 0.351 e. The number of halogens is 3. The van der Waals surface area contributed by atoms with Gasteiger partial charge in [-0.2, -0.15) is 0 Å². The molecule has 0 aliphatic rings. The van der Waals surface area contributed by atoms with Crippen LogP contribution in [0.3, 0.4) is 0 Å². The summed E-state index contributed by atoms with van der Waals surface area (Å²) in [6, 6.07) is 11.9. The van der Waals surface area contributed by atoms with E-state index < -0.39 is 35.8 Å². The van der Waals surface area contributed by atoms with E-state index in [0.29, 0.717) is 18.8 Å². The minimum Gasteiger partial charge on any atom is -0.351 e. The SMILES string of the molecule is CB(C)N[C@H](CF)CCN(C(=O)CN)[C@@H](c1nc(-c2cc(F)ccc2F)cn1Cc1ccccc1)C(C)(C)C. The zero-order valence-corrected chi connectivity index (χ0v) is 23.4. The van der Waals surface area contributed by atoms with Crippen molar-refractivity contribution in [2.75, 3.05) is 19.8 Å². The van der Waals surface area contributed by atoms with Gasteiger partial charge in [-0.25, -0.2) is 18.2 Å². The van der Waals surface area contributed by atoms with Gasteiger partial charge in [-0.05, 0) is 35.6 Å². The van der Waals surface area contributed by atoms with E-state index in [1.54, 1.807) is 11.1 Å². The van der Waals surface area contributed by atoms with Gasteiger partial charge in [0, 0.05) is 30.9 Å². The van der Waals surface area contributed by atoms with Crippen LogP contribution < -0.4 is 11.0 Å². The van der Waals surface area contributed by atoms with Crippen molar-refractivity contribution in [2.45, 2.75) is 59.5 Å². The molecule has 1 heterocycles. The highest BCUT2D eigenvalue weighted by atomic mass is 19.1. The van der Waals surface area contributed by atoms with Crippen LogP contribution in [0.1, 0.15) is 44.6 Å². The summed E-state index contributed by atoms with van der Waals surface area (Å²) in [7, 11) is 0. The Labute approximate surface area is 229 Å². The third-order valence-corrected chi connectivity index (χ3v) is 6.55. The number of nitrogens with zero attached hydrogens (tertiary/aromatic N) is 3. The summed E-state index contributed by atoms with van der Waals surface area (Å²) in [5.41, 5.74) is 6.59. The lowest BCUT2D eigenvalue weighted by molar-refractivity contribution is -0.135. The second-order valence-electron chi connectivity index (χ2n) is 11.2. The van der Waals surface area contributed by atoms with Gasteiger partial charge in [-0.3, -0.25) is 4.79 Å². The van der Waals surface area contributed by atoms with E-state index >= 15 is 0 Å². The van der Waals surface area contributed by atoms with Crippen molar-refractivity contribution < 1.29 is 18.0 Å². The highest BCUT2D eigenvalue weighted by Gasteiger charge is 2.38. The Bertz CT molecular complexity index is 1230. The Balaban J connectivity index is 2.14. The van der Waals surface area contributed by atoms with Gasteiger partial charge >= 0.3 is 0 Å². The molecule has 3 N–H and O–H groups in total. The second-order valence-corrected chi connectivity index (χ2v) is 11.2. The number of rotatable bonds is 12. The topological polar surface area (TPSA) is 76.2 Å². The van der Waals surface area contributed by atoms with Crippen LogP contribution in [0.5, 0.6) is 0 Å². The van der Waals surface area contributed by atoms with Crippen LogP contribution in [0.2, 0.25) is 13.6 Å². The predicted molar refractivity (Wildman–Crippen MR) is 151 cm³/mol. The minimum atomic E-state index is -0.597. The molecule has 0 aliphatic carbocycles. The molecule has 0 aliphatic heterocycles. The molecule has 0 unspecified atom stereocenters. The molecule has 1 amide bonds. The number of benzene rings is 2. The van der Waals surface area contributed by atoms with Crippen molar-refractivity contribution >= 4 is 12.8 Å². The first-order chi connectivity index (χ1) is 18.4. The van der Waals surface area contributed by atoms with Crippen LogP contribution in [0.15, 0.2) is 54.7 Å². The molecule has 2 atom stereocenters. The van der Waals surface area contributed by atoms with Gasteiger partial charge in [0.1, 0.15) is 24.1 Å². The zero-order valence-electron chi connectivity index (χ0n) is 23.4. The first-order valence-corrected chi connectivity index (χ1v) is 13.3. The number of carbonyl (C=O) groups excluding carboxylic acids is 1. The van der Waals surface area contributed by atoms with E-state index in [1.807, 2.05) is 69.3 Å². The van der Waals surface area contributed by atoms with Gasteiger partial charge in [0.05, 0.1) is 18.3 Å². The molecule has 10 heteroatoms. The molecule has 6 nitrogen and oxygen atoms in total. The highest BCUT2D eigenvalue weighted by Crippen LogP contribution is 2.39. The number of imidazole rings is 1. The Morgan fingerprint density at radius 2 is 1.85 bits per heavy atom. The number of carbonyl (C=O) groups is 1. The lowest BCUT2D eigenvalue weighted by Crippen LogP contribution is -2.48. The summed E-state index contributed by atoms with van der Waals surface area (Å²) in [4.78, 5) is 19.7. The van der Waals surface area contributed by atoms with E-state index in [9.17, 15) is 18.0 Å². The highest BCUT2D eigenvalue weighted by molar-refractivity contribution is 6.52. The quantitative estimate of drug-likeness (QED) is 0.305. The normalized spacial score (nSPS) is 13.3. The summed E-state index contributed by atoms with van der Waals surface area (Å²) in [5, 5.41) is 3.20. The van der Waals surface area contributed by atoms with E-state index in [-0.39, 0.29) is 37.1 Å². The first kappa shape index (κ1) is 30.4. The van der Waals surface area contributed by atoms with Crippen LogP contribution in [0, 0.1) is 17.0 Å². The third kappa shape index (κ3) is 7.96. The summed E-state index contributed by atoms with van der Waals surface area (Å²) in [6.07, 6.45) is 2.06. The Kier molecular flexibility index (Phi) is 10.4. The number of nitrogens with one attached hydrogen (secondary N) is 1. The van der Waals surface area contributed by atoms with E-state index in [0.717, 1.165) is 23.8 Å². The molecule has 3 rings (SSSR count). The third-order valence-electron chi connectivity index (χ3n) is 6.55. The van der Waals surface area contributed by atoms with Crippen molar-refractivity contribution in [1.82, 2.24) is 19.7 Å². The molecule has 0 fully saturated rings. The fourth-order valence-electron chi connectivity index (χ4n) is 4.86. The molecule has 210 valence electrons. The average Bonchev–Trinajstić information content (AvgIpc) is 3.28. The van der Waals surface area contributed by atoms with Gasteiger partial charge in [-0.15, -0.1) is 0 Å². The van der Waals surface area contributed by atoms with Crippen LogP contribution in [0.25, 0.3) is 11.3 Å². The maximum Gasteiger partial charge on any atom is 0.236 e. The lowest BCUT2D eigenvalue weighted by atomic mass is 9.68. The lowest BCUT2D eigenvalue weighted by Gasteiger charge is -2.40. The summed E-state index contributed by atoms with van der Waals surface area (Å²) >= 11 is 0. The maximum atomic E-state index is 14.8. The molecule has 1 aromatic heterocycles. The van der Waals surface area contributed by atoms with Crippen LogP contribution >= 0.6 is 0 Å². The van der Waals surface area contributed by atoms with Crippen molar-refractivity contribution in [3.8, 4) is 11.3 Å². The van der Waals surface area contributed by atoms with E-state index in [4.69, 9.17) is 10.7 Å². The average molecular weight is 541 g/mol. The van der Waals surface area contributed by atoms with Crippen molar-refractivity contribution in [2.24, 2.45) is 11.1 Å². The molecule has 0 spiro atoms. The molecule has 0 saturated heterocycles. The molecular formula is C29H39BF3N5O. The number of amides is 1. The van der Waals surface area contributed by atoms with Gasteiger partial charge in [0.2, 0.25) is 12.8 Å². The van der Waals surface area contributed by atoms with Crippen LogP contribution in [-0.2, 0) is 11.3 Å². The van der Waals surface area contributed by atoms with Gasteiger partial charge in [-0.1, -0.05) is 64.7 Å². The molecule has 2 aromatic carbocycles. The fourth-order valence-corrected chi connectivity index (χ4v) is 4.86. The van der Waals surface area contributed by atoms with Crippen LogP contribution in [0.4, 0.5) is 13.2 Å². The minimum absolute atomic E-state index is 0.0334. The fraction of sp³-hybridized carbons (Fsp3) is 0.448. The number of alkyl halides is 1. The van der Waals surface area contributed by atoms with E-state index in [1.165, 1.54) is 0 Å².